The molecule has 1 aliphatic rings. The highest BCUT2D eigenvalue weighted by Crippen LogP contribution is 2.41. The van der Waals surface area contributed by atoms with Gasteiger partial charge in [-0.3, -0.25) is 9.36 Å². The lowest BCUT2D eigenvalue weighted by molar-refractivity contribution is 0.102. The Labute approximate surface area is 274 Å². The number of aliphatic hydroxyl groups is 1. The number of furan rings is 1. The van der Waals surface area contributed by atoms with E-state index in [1.807, 2.05) is 48.5 Å². The Kier molecular flexibility index (Phi) is 6.32. The van der Waals surface area contributed by atoms with Gasteiger partial charge in [0.05, 0.1) is 16.6 Å². The first-order valence-corrected chi connectivity index (χ1v) is 16.5. The van der Waals surface area contributed by atoms with E-state index in [-0.39, 0.29) is 16.6 Å². The maximum atomic E-state index is 13.6. The summed E-state index contributed by atoms with van der Waals surface area (Å²) in [6.45, 7) is 16.3. The van der Waals surface area contributed by atoms with Crippen molar-refractivity contribution in [3.8, 4) is 5.88 Å². The van der Waals surface area contributed by atoms with E-state index < -0.39 is 6.10 Å². The number of carbonyl (C=O) groups is 1. The van der Waals surface area contributed by atoms with Gasteiger partial charge >= 0.3 is 0 Å². The first-order chi connectivity index (χ1) is 22.3. The summed E-state index contributed by atoms with van der Waals surface area (Å²) in [5.41, 5.74) is 8.98. The van der Waals surface area contributed by atoms with E-state index in [0.29, 0.717) is 23.2 Å². The number of ketones is 1. The van der Waals surface area contributed by atoms with Crippen molar-refractivity contribution in [2.24, 2.45) is 0 Å². The number of nitrogens with zero attached hydrogens (tertiary/aromatic N) is 2. The van der Waals surface area contributed by atoms with Gasteiger partial charge in [-0.15, -0.1) is 0 Å². The predicted molar refractivity (Wildman–Crippen MR) is 193 cm³/mol. The third-order valence-corrected chi connectivity index (χ3v) is 9.96. The number of carbonyl (C=O) groups excluding carboxylic acids is 1. The molecular formula is C42H40N2O3. The Morgan fingerprint density at radius 3 is 1.94 bits per heavy atom. The Morgan fingerprint density at radius 2 is 1.36 bits per heavy atom. The van der Waals surface area contributed by atoms with Crippen molar-refractivity contribution < 1.29 is 14.3 Å². The number of fused-ring (bicyclic) bond motifs is 6. The number of aryl methyl sites for hydroxylation is 1. The molecule has 0 spiro atoms. The maximum absolute atomic E-state index is 13.6. The van der Waals surface area contributed by atoms with Crippen LogP contribution in [-0.4, -0.2) is 20.0 Å². The largest absolute Gasteiger partial charge is 0.438 e. The van der Waals surface area contributed by atoms with E-state index in [9.17, 15) is 9.90 Å². The molecule has 5 heteroatoms. The van der Waals surface area contributed by atoms with E-state index in [0.717, 1.165) is 44.5 Å². The topological polar surface area (TPSA) is 60.3 Å². The lowest BCUT2D eigenvalue weighted by Crippen LogP contribution is -2.10. The van der Waals surface area contributed by atoms with E-state index in [1.54, 1.807) is 0 Å². The van der Waals surface area contributed by atoms with E-state index in [1.165, 1.54) is 21.9 Å². The number of benzene rings is 4. The number of aromatic nitrogens is 2. The highest BCUT2D eigenvalue weighted by atomic mass is 16.4. The average molecular weight is 621 g/mol. The summed E-state index contributed by atoms with van der Waals surface area (Å²) in [5, 5.41) is 15.7. The van der Waals surface area contributed by atoms with Gasteiger partial charge in [0.1, 0.15) is 6.10 Å². The molecule has 0 aliphatic heterocycles. The third-order valence-electron chi connectivity index (χ3n) is 9.96. The van der Waals surface area contributed by atoms with Gasteiger partial charge in [-0.2, -0.15) is 0 Å². The van der Waals surface area contributed by atoms with Crippen LogP contribution in [0.2, 0.25) is 0 Å². The predicted octanol–water partition coefficient (Wildman–Crippen LogP) is 10.4. The Bertz CT molecular complexity index is 2380. The van der Waals surface area contributed by atoms with Crippen LogP contribution < -0.4 is 0 Å². The van der Waals surface area contributed by atoms with E-state index in [4.69, 9.17) is 4.42 Å². The molecule has 3 heterocycles. The molecule has 1 aliphatic carbocycles. The van der Waals surface area contributed by atoms with Gasteiger partial charge in [0.25, 0.3) is 0 Å². The van der Waals surface area contributed by atoms with Crippen molar-refractivity contribution in [1.82, 2.24) is 9.13 Å². The minimum atomic E-state index is -0.974. The molecule has 0 radical (unpaired) electrons. The van der Waals surface area contributed by atoms with Crippen molar-refractivity contribution in [2.45, 2.75) is 71.9 Å². The fourth-order valence-electron chi connectivity index (χ4n) is 7.26. The number of hydrogen-bond acceptors (Lipinski definition) is 3. The number of hydrogen-bond donors (Lipinski definition) is 1. The summed E-state index contributed by atoms with van der Waals surface area (Å²) in [5.74, 6) is 0.619. The lowest BCUT2D eigenvalue weighted by atomic mass is 9.85. The van der Waals surface area contributed by atoms with Crippen LogP contribution >= 0.6 is 0 Å². The molecule has 5 nitrogen and oxygen atoms in total. The van der Waals surface area contributed by atoms with Gasteiger partial charge < -0.3 is 14.1 Å². The summed E-state index contributed by atoms with van der Waals surface area (Å²) in [6, 6.07) is 29.4. The molecule has 7 aromatic rings. The zero-order valence-electron chi connectivity index (χ0n) is 28.1. The molecule has 0 saturated heterocycles. The second kappa shape index (κ2) is 10.1. The summed E-state index contributed by atoms with van der Waals surface area (Å²) in [4.78, 5) is 13.6. The number of Topliss-reactive ketones (excluding diaryl/α,β-unsaturated/α-hetero) is 1. The smallest absolute Gasteiger partial charge is 0.207 e. The summed E-state index contributed by atoms with van der Waals surface area (Å²) >= 11 is 0. The van der Waals surface area contributed by atoms with Gasteiger partial charge in [-0.25, -0.2) is 0 Å². The first-order valence-electron chi connectivity index (χ1n) is 16.5. The van der Waals surface area contributed by atoms with Crippen molar-refractivity contribution in [1.29, 1.82) is 0 Å². The minimum absolute atomic E-state index is 0.0244. The molecule has 3 aromatic heterocycles. The molecule has 236 valence electrons. The highest BCUT2D eigenvalue weighted by Gasteiger charge is 2.34. The molecular weight excluding hydrogens is 580 g/mol. The van der Waals surface area contributed by atoms with Crippen LogP contribution in [0, 0.1) is 0 Å². The normalized spacial score (nSPS) is 16.5. The molecule has 47 heavy (non-hydrogen) atoms. The van der Waals surface area contributed by atoms with Gasteiger partial charge in [0.15, 0.2) is 11.4 Å². The molecule has 0 amide bonds. The Morgan fingerprint density at radius 1 is 0.766 bits per heavy atom. The fraction of sp³-hybridized carbons (Fsp3) is 0.262. The van der Waals surface area contributed by atoms with Gasteiger partial charge in [-0.05, 0) is 87.7 Å². The van der Waals surface area contributed by atoms with E-state index >= 15 is 0 Å². The average Bonchev–Trinajstić information content (AvgIpc) is 3.73. The molecule has 1 unspecified atom stereocenters. The molecule has 0 bridgehead atoms. The maximum Gasteiger partial charge on any atom is 0.207 e. The second-order valence-electron chi connectivity index (χ2n) is 15.1. The second-order valence-corrected chi connectivity index (χ2v) is 15.1. The summed E-state index contributed by atoms with van der Waals surface area (Å²) in [6.07, 6.45) is 0.858. The van der Waals surface area contributed by atoms with Crippen molar-refractivity contribution in [2.75, 3.05) is 0 Å². The van der Waals surface area contributed by atoms with Crippen molar-refractivity contribution in [3.63, 3.8) is 0 Å². The van der Waals surface area contributed by atoms with E-state index in [2.05, 4.69) is 100 Å². The quantitative estimate of drug-likeness (QED) is 0.200. The Balaban J connectivity index is 1.27. The van der Waals surface area contributed by atoms with Crippen molar-refractivity contribution >= 4 is 55.5 Å². The van der Waals surface area contributed by atoms with Crippen LogP contribution in [0.15, 0.2) is 94.9 Å². The zero-order chi connectivity index (χ0) is 33.0. The van der Waals surface area contributed by atoms with Crippen LogP contribution in [-0.2, 0) is 17.4 Å². The van der Waals surface area contributed by atoms with Crippen molar-refractivity contribution in [3.05, 3.63) is 118 Å². The third kappa shape index (κ3) is 4.51. The number of rotatable bonds is 3. The molecule has 4 aromatic carbocycles. The van der Waals surface area contributed by atoms with Gasteiger partial charge in [0, 0.05) is 46.3 Å². The van der Waals surface area contributed by atoms with Crippen LogP contribution in [0.25, 0.3) is 55.6 Å². The molecule has 1 N–H and O–H groups in total. The minimum Gasteiger partial charge on any atom is -0.438 e. The van der Waals surface area contributed by atoms with Gasteiger partial charge in [0.2, 0.25) is 5.88 Å². The van der Waals surface area contributed by atoms with Crippen LogP contribution in [0.5, 0.6) is 0 Å². The standard InChI is InChI=1S/C42H40N2O3/c1-8-43-28(21-33-39(45)31-17-24-11-9-10-12-25(24)18-32(31)40(33)46)22-37-36(43)23-38(47-37)44-34-15-13-26(41(2,3)4)19-29(34)30-20-27(42(5,6)7)14-16-35(30)44/h9-23,39,45H,8H2,1-7H3/b33-21-. The number of aliphatic hydroxyl groups excluding tert-OH is 1. The summed E-state index contributed by atoms with van der Waals surface area (Å²) < 4.78 is 11.0. The SMILES string of the molecule is CCn1c(/C=C2\C(=O)c3cc4ccccc4cc3C2O)cc2oc(-n3c4ccc(C(C)(C)C)cc4c4cc(C(C)(C)C)ccc43)cc21. The first kappa shape index (κ1) is 29.5. The molecule has 0 fully saturated rings. The molecule has 0 saturated carbocycles. The van der Waals surface area contributed by atoms with Gasteiger partial charge in [-0.1, -0.05) is 77.9 Å². The fourth-order valence-corrected chi connectivity index (χ4v) is 7.26. The monoisotopic (exact) mass is 620 g/mol. The van der Waals surface area contributed by atoms with Crippen LogP contribution in [0.1, 0.15) is 87.3 Å². The van der Waals surface area contributed by atoms with Crippen LogP contribution in [0.3, 0.4) is 0 Å². The Hall–Kier alpha value is -4.87. The zero-order valence-corrected chi connectivity index (χ0v) is 28.1. The molecule has 1 atom stereocenters. The molecule has 8 rings (SSSR count). The highest BCUT2D eigenvalue weighted by molar-refractivity contribution is 6.18. The summed E-state index contributed by atoms with van der Waals surface area (Å²) in [7, 11) is 0. The van der Waals surface area contributed by atoms with Crippen LogP contribution in [0.4, 0.5) is 0 Å². The lowest BCUT2D eigenvalue weighted by Gasteiger charge is -2.19.